The van der Waals surface area contributed by atoms with Gasteiger partial charge in [-0.2, -0.15) is 0 Å². The summed E-state index contributed by atoms with van der Waals surface area (Å²) in [5.41, 5.74) is 1.29. The fourth-order valence-corrected chi connectivity index (χ4v) is 3.32. The molecule has 19 heavy (non-hydrogen) atoms. The monoisotopic (exact) mass is 346 g/mol. The van der Waals surface area contributed by atoms with Crippen LogP contribution in [0.25, 0.3) is 0 Å². The van der Waals surface area contributed by atoms with Crippen molar-refractivity contribution < 1.29 is 4.74 Å². The number of thioether (sulfide) groups is 1. The number of hydrogen-bond acceptors (Lipinski definition) is 4. The molecule has 0 aliphatic heterocycles. The first-order valence-electron chi connectivity index (χ1n) is 6.39. The maximum atomic E-state index is 5.01. The molecule has 0 aliphatic carbocycles. The van der Waals surface area contributed by atoms with Crippen LogP contribution in [0.4, 0.5) is 0 Å². The van der Waals surface area contributed by atoms with Crippen molar-refractivity contribution in [2.45, 2.75) is 11.4 Å². The van der Waals surface area contributed by atoms with Gasteiger partial charge in [-0.15, -0.1) is 11.8 Å². The van der Waals surface area contributed by atoms with Gasteiger partial charge in [-0.25, -0.2) is 0 Å². The number of halogens is 1. The van der Waals surface area contributed by atoms with Crippen molar-refractivity contribution in [3.05, 3.63) is 28.2 Å². The number of ether oxygens (including phenoxy) is 1. The summed E-state index contributed by atoms with van der Waals surface area (Å²) in [5, 5.41) is 3.35. The first kappa shape index (κ1) is 17.0. The zero-order chi connectivity index (χ0) is 14.1. The average Bonchev–Trinajstić information content (AvgIpc) is 2.37. The van der Waals surface area contributed by atoms with Crippen LogP contribution in [0.3, 0.4) is 0 Å². The van der Waals surface area contributed by atoms with Crippen molar-refractivity contribution in [2.24, 2.45) is 0 Å². The zero-order valence-electron chi connectivity index (χ0n) is 11.9. The van der Waals surface area contributed by atoms with Crippen LogP contribution in [0.2, 0.25) is 0 Å². The standard InChI is InChI=1S/C14H23BrN2OS/c1-17(2)7-9-19-14-5-4-12(10-13(14)15)11-16-6-8-18-3/h4-5,10,16H,6-9,11H2,1-3H3. The van der Waals surface area contributed by atoms with Crippen molar-refractivity contribution in [1.29, 1.82) is 0 Å². The average molecular weight is 347 g/mol. The molecule has 1 N–H and O–H groups in total. The van der Waals surface area contributed by atoms with Gasteiger partial charge >= 0.3 is 0 Å². The normalized spacial score (nSPS) is 11.2. The lowest BCUT2D eigenvalue weighted by atomic mass is 10.2. The highest BCUT2D eigenvalue weighted by atomic mass is 79.9. The minimum Gasteiger partial charge on any atom is -0.383 e. The number of rotatable bonds is 9. The Kier molecular flexibility index (Phi) is 8.74. The second-order valence-electron chi connectivity index (χ2n) is 4.59. The van der Waals surface area contributed by atoms with E-state index in [0.29, 0.717) is 0 Å². The summed E-state index contributed by atoms with van der Waals surface area (Å²) < 4.78 is 6.19. The van der Waals surface area contributed by atoms with E-state index in [4.69, 9.17) is 4.74 Å². The van der Waals surface area contributed by atoms with Crippen molar-refractivity contribution in [3.8, 4) is 0 Å². The quantitative estimate of drug-likeness (QED) is 0.548. The van der Waals surface area contributed by atoms with Gasteiger partial charge in [0.1, 0.15) is 0 Å². The fraction of sp³-hybridized carbons (Fsp3) is 0.571. The number of nitrogens with one attached hydrogen (secondary N) is 1. The molecule has 0 amide bonds. The zero-order valence-corrected chi connectivity index (χ0v) is 14.3. The number of benzene rings is 1. The van der Waals surface area contributed by atoms with Crippen molar-refractivity contribution in [3.63, 3.8) is 0 Å². The summed E-state index contributed by atoms with van der Waals surface area (Å²) in [6.07, 6.45) is 0. The van der Waals surface area contributed by atoms with E-state index in [1.165, 1.54) is 14.9 Å². The maximum Gasteiger partial charge on any atom is 0.0587 e. The Balaban J connectivity index is 2.40. The van der Waals surface area contributed by atoms with Crippen molar-refractivity contribution in [2.75, 3.05) is 46.7 Å². The first-order valence-corrected chi connectivity index (χ1v) is 8.17. The van der Waals surface area contributed by atoms with E-state index in [1.54, 1.807) is 7.11 Å². The molecule has 0 atom stereocenters. The third-order valence-corrected chi connectivity index (χ3v) is 4.58. The van der Waals surface area contributed by atoms with E-state index in [9.17, 15) is 0 Å². The molecule has 0 aliphatic rings. The predicted molar refractivity (Wildman–Crippen MR) is 87.0 cm³/mol. The van der Waals surface area contributed by atoms with Crippen LogP contribution in [0.5, 0.6) is 0 Å². The highest BCUT2D eigenvalue weighted by Gasteiger charge is 2.03. The van der Waals surface area contributed by atoms with Gasteiger partial charge in [0.2, 0.25) is 0 Å². The van der Waals surface area contributed by atoms with Crippen LogP contribution in [0.1, 0.15) is 5.56 Å². The lowest BCUT2D eigenvalue weighted by Gasteiger charge is -2.11. The molecule has 108 valence electrons. The van der Waals surface area contributed by atoms with E-state index in [2.05, 4.69) is 58.4 Å². The van der Waals surface area contributed by atoms with Crippen molar-refractivity contribution >= 4 is 27.7 Å². The Hall–Kier alpha value is -0.0700. The third kappa shape index (κ3) is 7.32. The van der Waals surface area contributed by atoms with E-state index in [1.807, 2.05) is 11.8 Å². The highest BCUT2D eigenvalue weighted by Crippen LogP contribution is 2.28. The highest BCUT2D eigenvalue weighted by molar-refractivity contribution is 9.10. The van der Waals surface area contributed by atoms with Crippen LogP contribution in [-0.4, -0.2) is 51.6 Å². The fourth-order valence-electron chi connectivity index (χ4n) is 1.52. The summed E-state index contributed by atoms with van der Waals surface area (Å²) in [5.74, 6) is 1.11. The molecular formula is C14H23BrN2OS. The Bertz CT molecular complexity index is 374. The molecule has 1 aromatic carbocycles. The minimum absolute atomic E-state index is 0.750. The molecule has 0 aromatic heterocycles. The summed E-state index contributed by atoms with van der Waals surface area (Å²) in [6.45, 7) is 3.61. The Morgan fingerprint density at radius 3 is 2.79 bits per heavy atom. The van der Waals surface area contributed by atoms with Crippen LogP contribution in [0.15, 0.2) is 27.6 Å². The molecule has 1 rings (SSSR count). The number of nitrogens with zero attached hydrogens (tertiary/aromatic N) is 1. The second kappa shape index (κ2) is 9.77. The van der Waals surface area contributed by atoms with Gasteiger partial charge in [-0.1, -0.05) is 6.07 Å². The summed E-state index contributed by atoms with van der Waals surface area (Å²) in [7, 11) is 5.92. The van der Waals surface area contributed by atoms with Gasteiger partial charge in [0.15, 0.2) is 0 Å². The lowest BCUT2D eigenvalue weighted by molar-refractivity contribution is 0.199. The molecule has 0 radical (unpaired) electrons. The minimum atomic E-state index is 0.750. The Labute approximate surface area is 129 Å². The second-order valence-corrected chi connectivity index (χ2v) is 6.58. The molecule has 0 saturated heterocycles. The maximum absolute atomic E-state index is 5.01. The van der Waals surface area contributed by atoms with Crippen LogP contribution < -0.4 is 5.32 Å². The Morgan fingerprint density at radius 2 is 2.16 bits per heavy atom. The lowest BCUT2D eigenvalue weighted by Crippen LogP contribution is -2.18. The first-order chi connectivity index (χ1) is 9.13. The van der Waals surface area contributed by atoms with Gasteiger partial charge in [0.05, 0.1) is 6.61 Å². The molecule has 3 nitrogen and oxygen atoms in total. The Morgan fingerprint density at radius 1 is 1.37 bits per heavy atom. The van der Waals surface area contributed by atoms with E-state index >= 15 is 0 Å². The topological polar surface area (TPSA) is 24.5 Å². The van der Waals surface area contributed by atoms with Crippen LogP contribution in [0, 0.1) is 0 Å². The van der Waals surface area contributed by atoms with E-state index < -0.39 is 0 Å². The third-order valence-electron chi connectivity index (χ3n) is 2.60. The van der Waals surface area contributed by atoms with Gasteiger partial charge in [0, 0.05) is 41.9 Å². The van der Waals surface area contributed by atoms with Gasteiger partial charge in [-0.05, 0) is 47.7 Å². The van der Waals surface area contributed by atoms with Crippen molar-refractivity contribution in [1.82, 2.24) is 10.2 Å². The molecule has 0 heterocycles. The van der Waals surface area contributed by atoms with E-state index in [-0.39, 0.29) is 0 Å². The smallest absolute Gasteiger partial charge is 0.0587 e. The molecule has 0 unspecified atom stereocenters. The summed E-state index contributed by atoms with van der Waals surface area (Å²) in [4.78, 5) is 3.51. The summed E-state index contributed by atoms with van der Waals surface area (Å²) >= 11 is 5.54. The van der Waals surface area contributed by atoms with Gasteiger partial charge in [-0.3, -0.25) is 0 Å². The number of methoxy groups -OCH3 is 1. The molecule has 0 spiro atoms. The molecule has 0 saturated carbocycles. The molecule has 5 heteroatoms. The number of hydrogen-bond donors (Lipinski definition) is 1. The largest absolute Gasteiger partial charge is 0.383 e. The molecular weight excluding hydrogens is 324 g/mol. The molecule has 0 fully saturated rings. The van der Waals surface area contributed by atoms with E-state index in [0.717, 1.165) is 32.0 Å². The SMILES string of the molecule is COCCNCc1ccc(SCCN(C)C)c(Br)c1. The van der Waals surface area contributed by atoms with Gasteiger partial charge < -0.3 is 15.0 Å². The van der Waals surface area contributed by atoms with Crippen LogP contribution >= 0.6 is 27.7 Å². The predicted octanol–water partition coefficient (Wildman–Crippen LogP) is 2.84. The van der Waals surface area contributed by atoms with Crippen LogP contribution in [-0.2, 0) is 11.3 Å². The van der Waals surface area contributed by atoms with Gasteiger partial charge in [0.25, 0.3) is 0 Å². The summed E-state index contributed by atoms with van der Waals surface area (Å²) in [6, 6.07) is 6.57. The molecule has 1 aromatic rings. The molecule has 0 bridgehead atoms.